The molecule has 3 heteroatoms. The van der Waals surface area contributed by atoms with Gasteiger partial charge in [0.2, 0.25) is 6.29 Å². The predicted octanol–water partition coefficient (Wildman–Crippen LogP) is 2.61. The molecule has 0 aliphatic carbocycles. The fraction of sp³-hybridized carbons (Fsp3) is 0.308. The maximum absolute atomic E-state index is 10.1. The quantitative estimate of drug-likeness (QED) is 0.690. The molecule has 0 unspecified atom stereocenters. The standard InChI is InChI=1S/C13H15O3/c1-3-15-12-8-7-11(6-5-9-14)10-13(12)16-4-2/h5-8,10H,3-4H2,1-2H3/b6-5+. The zero-order valence-corrected chi connectivity index (χ0v) is 9.53. The van der Waals surface area contributed by atoms with Crippen molar-refractivity contribution < 1.29 is 14.3 Å². The van der Waals surface area contributed by atoms with Crippen LogP contribution >= 0.6 is 0 Å². The SMILES string of the molecule is CCOc1ccc(/C=C/[C]=O)cc1OCC. The monoisotopic (exact) mass is 219 g/mol. The molecule has 0 heterocycles. The second-order valence-electron chi connectivity index (χ2n) is 3.02. The van der Waals surface area contributed by atoms with Gasteiger partial charge < -0.3 is 9.47 Å². The van der Waals surface area contributed by atoms with Crippen molar-refractivity contribution in [3.05, 3.63) is 29.8 Å². The van der Waals surface area contributed by atoms with Crippen LogP contribution < -0.4 is 9.47 Å². The molecule has 0 N–H and O–H groups in total. The summed E-state index contributed by atoms with van der Waals surface area (Å²) in [7, 11) is 0. The number of hydrogen-bond acceptors (Lipinski definition) is 3. The summed E-state index contributed by atoms with van der Waals surface area (Å²) in [5, 5.41) is 0. The topological polar surface area (TPSA) is 35.5 Å². The van der Waals surface area contributed by atoms with Gasteiger partial charge in [-0.15, -0.1) is 0 Å². The molecule has 16 heavy (non-hydrogen) atoms. The third kappa shape index (κ3) is 3.42. The summed E-state index contributed by atoms with van der Waals surface area (Å²) in [6, 6.07) is 5.53. The summed E-state index contributed by atoms with van der Waals surface area (Å²) >= 11 is 0. The molecule has 0 amide bonds. The maximum Gasteiger partial charge on any atom is 0.225 e. The summed E-state index contributed by atoms with van der Waals surface area (Å²) in [5.41, 5.74) is 0.884. The molecular formula is C13H15O3. The van der Waals surface area contributed by atoms with Crippen LogP contribution in [-0.4, -0.2) is 19.5 Å². The summed E-state index contributed by atoms with van der Waals surface area (Å²) in [6.45, 7) is 5.01. The molecule has 1 aromatic carbocycles. The average molecular weight is 219 g/mol. The first-order valence-corrected chi connectivity index (χ1v) is 5.25. The molecule has 0 spiro atoms. The lowest BCUT2D eigenvalue weighted by Crippen LogP contribution is -1.98. The van der Waals surface area contributed by atoms with Gasteiger partial charge in [-0.2, -0.15) is 0 Å². The van der Waals surface area contributed by atoms with E-state index >= 15 is 0 Å². The highest BCUT2D eigenvalue weighted by Gasteiger charge is 2.04. The van der Waals surface area contributed by atoms with Crippen molar-refractivity contribution in [3.8, 4) is 11.5 Å². The van der Waals surface area contributed by atoms with E-state index in [-0.39, 0.29) is 0 Å². The number of carbonyl (C=O) groups excluding carboxylic acids is 1. The van der Waals surface area contributed by atoms with E-state index < -0.39 is 0 Å². The first kappa shape index (κ1) is 12.3. The van der Waals surface area contributed by atoms with Gasteiger partial charge in [-0.05, 0) is 37.6 Å². The van der Waals surface area contributed by atoms with Crippen molar-refractivity contribution in [1.82, 2.24) is 0 Å². The summed E-state index contributed by atoms with van der Waals surface area (Å²) in [5.74, 6) is 1.41. The van der Waals surface area contributed by atoms with Crippen molar-refractivity contribution in [2.45, 2.75) is 13.8 Å². The number of ether oxygens (including phenoxy) is 2. The molecule has 85 valence electrons. The van der Waals surface area contributed by atoms with Crippen LogP contribution in [0.4, 0.5) is 0 Å². The van der Waals surface area contributed by atoms with Gasteiger partial charge in [0, 0.05) is 0 Å². The Morgan fingerprint density at radius 3 is 2.50 bits per heavy atom. The van der Waals surface area contributed by atoms with Crippen LogP contribution in [0.25, 0.3) is 6.08 Å². The normalized spacial score (nSPS) is 10.4. The molecule has 0 aliphatic rings. The van der Waals surface area contributed by atoms with E-state index in [0.717, 1.165) is 11.3 Å². The Morgan fingerprint density at radius 2 is 1.88 bits per heavy atom. The van der Waals surface area contributed by atoms with Crippen LogP contribution in [0.3, 0.4) is 0 Å². The van der Waals surface area contributed by atoms with Crippen LogP contribution in [0, 0.1) is 0 Å². The molecule has 3 nitrogen and oxygen atoms in total. The largest absolute Gasteiger partial charge is 0.490 e. The van der Waals surface area contributed by atoms with Crippen LogP contribution in [0.2, 0.25) is 0 Å². The minimum absolute atomic E-state index is 0.576. The third-order valence-electron chi connectivity index (χ3n) is 1.91. The fourth-order valence-corrected chi connectivity index (χ4v) is 1.30. The summed E-state index contributed by atoms with van der Waals surface area (Å²) < 4.78 is 10.9. The van der Waals surface area contributed by atoms with Gasteiger partial charge >= 0.3 is 0 Å². The van der Waals surface area contributed by atoms with Crippen LogP contribution in [0.5, 0.6) is 11.5 Å². The van der Waals surface area contributed by atoms with Crippen LogP contribution in [0.1, 0.15) is 19.4 Å². The molecule has 1 rings (SSSR count). The van der Waals surface area contributed by atoms with E-state index in [4.69, 9.17) is 9.47 Å². The van der Waals surface area contributed by atoms with Gasteiger partial charge in [-0.3, -0.25) is 4.79 Å². The first-order valence-electron chi connectivity index (χ1n) is 5.25. The minimum atomic E-state index is 0.576. The smallest absolute Gasteiger partial charge is 0.225 e. The predicted molar refractivity (Wildman–Crippen MR) is 63.5 cm³/mol. The van der Waals surface area contributed by atoms with Gasteiger partial charge in [-0.25, -0.2) is 0 Å². The van der Waals surface area contributed by atoms with Gasteiger partial charge in [0.05, 0.1) is 13.2 Å². The fourth-order valence-electron chi connectivity index (χ4n) is 1.30. The molecule has 1 aromatic rings. The van der Waals surface area contributed by atoms with Crippen molar-refractivity contribution in [1.29, 1.82) is 0 Å². The van der Waals surface area contributed by atoms with Crippen LogP contribution in [-0.2, 0) is 4.79 Å². The van der Waals surface area contributed by atoms with E-state index in [1.54, 1.807) is 12.4 Å². The van der Waals surface area contributed by atoms with Gasteiger partial charge in [0.15, 0.2) is 11.5 Å². The van der Waals surface area contributed by atoms with Crippen molar-refractivity contribution in [3.63, 3.8) is 0 Å². The molecule has 0 saturated heterocycles. The Kier molecular flexibility index (Phi) is 5.12. The second-order valence-corrected chi connectivity index (χ2v) is 3.02. The van der Waals surface area contributed by atoms with Gasteiger partial charge in [0.1, 0.15) is 0 Å². The second kappa shape index (κ2) is 6.67. The Balaban J connectivity index is 2.96. The number of hydrogen-bond donors (Lipinski definition) is 0. The van der Waals surface area contributed by atoms with Crippen molar-refractivity contribution in [2.75, 3.05) is 13.2 Å². The highest BCUT2D eigenvalue weighted by molar-refractivity contribution is 5.74. The molecule has 0 atom stereocenters. The van der Waals surface area contributed by atoms with E-state index in [0.29, 0.717) is 19.0 Å². The van der Waals surface area contributed by atoms with Crippen molar-refractivity contribution >= 4 is 12.4 Å². The number of benzene rings is 1. The lowest BCUT2D eigenvalue weighted by Gasteiger charge is -2.11. The first-order chi connectivity index (χ1) is 7.81. The molecular weight excluding hydrogens is 204 g/mol. The molecule has 0 aliphatic heterocycles. The van der Waals surface area contributed by atoms with Crippen LogP contribution in [0.15, 0.2) is 24.3 Å². The highest BCUT2D eigenvalue weighted by atomic mass is 16.5. The molecule has 1 radical (unpaired) electrons. The Morgan fingerprint density at radius 1 is 1.19 bits per heavy atom. The molecule has 0 saturated carbocycles. The molecule has 0 bridgehead atoms. The Hall–Kier alpha value is -1.77. The number of allylic oxidation sites excluding steroid dienone is 1. The van der Waals surface area contributed by atoms with E-state index in [1.807, 2.05) is 32.0 Å². The number of rotatable bonds is 6. The van der Waals surface area contributed by atoms with E-state index in [9.17, 15) is 4.79 Å². The minimum Gasteiger partial charge on any atom is -0.490 e. The van der Waals surface area contributed by atoms with Gasteiger partial charge in [0.25, 0.3) is 0 Å². The summed E-state index contributed by atoms with van der Waals surface area (Å²) in [4.78, 5) is 10.1. The highest BCUT2D eigenvalue weighted by Crippen LogP contribution is 2.28. The van der Waals surface area contributed by atoms with Gasteiger partial charge in [-0.1, -0.05) is 12.1 Å². The van der Waals surface area contributed by atoms with E-state index in [2.05, 4.69) is 0 Å². The maximum atomic E-state index is 10.1. The van der Waals surface area contributed by atoms with E-state index in [1.165, 1.54) is 6.08 Å². The lowest BCUT2D eigenvalue weighted by molar-refractivity contribution is 0.287. The third-order valence-corrected chi connectivity index (χ3v) is 1.91. The zero-order chi connectivity index (χ0) is 11.8. The van der Waals surface area contributed by atoms with Crippen molar-refractivity contribution in [2.24, 2.45) is 0 Å². The summed E-state index contributed by atoms with van der Waals surface area (Å²) in [6.07, 6.45) is 4.70. The Bertz CT molecular complexity index is 369. The Labute approximate surface area is 95.7 Å². The zero-order valence-electron chi connectivity index (χ0n) is 9.53. The molecule has 0 fully saturated rings. The lowest BCUT2D eigenvalue weighted by atomic mass is 10.2. The molecule has 0 aromatic heterocycles. The average Bonchev–Trinajstić information content (AvgIpc) is 2.30.